The Morgan fingerprint density at radius 3 is 2.14 bits per heavy atom. The van der Waals surface area contributed by atoms with Gasteiger partial charge in [0.1, 0.15) is 0 Å². The zero-order valence-electron chi connectivity index (χ0n) is 15.9. The van der Waals surface area contributed by atoms with Crippen LogP contribution in [0.15, 0.2) is 48.5 Å². The number of carbonyl (C=O) groups excluding carboxylic acids is 2. The predicted molar refractivity (Wildman–Crippen MR) is 102 cm³/mol. The second-order valence-electron chi connectivity index (χ2n) is 6.96. The van der Waals surface area contributed by atoms with E-state index in [4.69, 9.17) is 0 Å². The predicted octanol–water partition coefficient (Wildman–Crippen LogP) is 4.66. The average Bonchev–Trinajstić information content (AvgIpc) is 2.61. The van der Waals surface area contributed by atoms with E-state index in [1.165, 1.54) is 12.1 Å². The first kappa shape index (κ1) is 21.5. The molecule has 0 heterocycles. The van der Waals surface area contributed by atoms with E-state index in [0.717, 1.165) is 12.1 Å². The quantitative estimate of drug-likeness (QED) is 0.751. The van der Waals surface area contributed by atoms with Crippen molar-refractivity contribution in [3.63, 3.8) is 0 Å². The maximum Gasteiger partial charge on any atom is 0.416 e. The molecule has 0 saturated heterocycles. The molecule has 0 aromatic heterocycles. The summed E-state index contributed by atoms with van der Waals surface area (Å²) in [4.78, 5) is 24.8. The molecule has 0 aliphatic carbocycles. The topological polar surface area (TPSA) is 58.2 Å². The molecule has 4 nitrogen and oxygen atoms in total. The Morgan fingerprint density at radius 1 is 0.964 bits per heavy atom. The van der Waals surface area contributed by atoms with E-state index < -0.39 is 17.7 Å². The van der Waals surface area contributed by atoms with Gasteiger partial charge in [-0.15, -0.1) is 0 Å². The molecule has 2 aromatic rings. The third kappa shape index (κ3) is 5.84. The molecule has 28 heavy (non-hydrogen) atoms. The number of nitrogens with one attached hydrogen (secondary N) is 2. The van der Waals surface area contributed by atoms with Gasteiger partial charge in [-0.25, -0.2) is 0 Å². The van der Waals surface area contributed by atoms with Gasteiger partial charge in [0, 0.05) is 12.0 Å². The Hall–Kier alpha value is -2.83. The van der Waals surface area contributed by atoms with Crippen LogP contribution in [0.3, 0.4) is 0 Å². The fraction of sp³-hybridized carbons (Fsp3) is 0.333. The third-order valence-electron chi connectivity index (χ3n) is 4.12. The summed E-state index contributed by atoms with van der Waals surface area (Å²) in [7, 11) is 0. The van der Waals surface area contributed by atoms with Crippen molar-refractivity contribution in [2.45, 2.75) is 39.4 Å². The number of hydrogen-bond acceptors (Lipinski definition) is 2. The smallest absolute Gasteiger partial charge is 0.350 e. The summed E-state index contributed by atoms with van der Waals surface area (Å²) < 4.78 is 37.9. The van der Waals surface area contributed by atoms with Crippen molar-refractivity contribution in [3.05, 3.63) is 65.2 Å². The van der Waals surface area contributed by atoms with Gasteiger partial charge in [-0.1, -0.05) is 31.2 Å². The molecule has 150 valence electrons. The maximum atomic E-state index is 12.6. The van der Waals surface area contributed by atoms with Crippen LogP contribution in [0.25, 0.3) is 0 Å². The summed E-state index contributed by atoms with van der Waals surface area (Å²) in [6.45, 7) is 5.36. The number of anilines is 1. The SMILES string of the molecule is CC(C)NC(=O)c1ccccc1NC(=O)C(C)Cc1ccc(C(F)(F)F)cc1. The van der Waals surface area contributed by atoms with E-state index in [-0.39, 0.29) is 24.3 Å². The molecule has 0 fully saturated rings. The summed E-state index contributed by atoms with van der Waals surface area (Å²) in [5.74, 6) is -1.09. The second kappa shape index (κ2) is 8.91. The van der Waals surface area contributed by atoms with Crippen LogP contribution in [-0.4, -0.2) is 17.9 Å². The molecule has 0 spiro atoms. The first-order valence-corrected chi connectivity index (χ1v) is 8.95. The Balaban J connectivity index is 2.06. The lowest BCUT2D eigenvalue weighted by molar-refractivity contribution is -0.137. The highest BCUT2D eigenvalue weighted by atomic mass is 19.4. The minimum absolute atomic E-state index is 0.0464. The number of rotatable bonds is 6. The molecule has 0 aliphatic rings. The van der Waals surface area contributed by atoms with Crippen LogP contribution in [0.2, 0.25) is 0 Å². The van der Waals surface area contributed by atoms with Crippen molar-refractivity contribution in [2.24, 2.45) is 5.92 Å². The molecule has 2 aromatic carbocycles. The van der Waals surface area contributed by atoms with Gasteiger partial charge in [0.2, 0.25) is 5.91 Å². The van der Waals surface area contributed by atoms with Gasteiger partial charge in [-0.05, 0) is 50.1 Å². The second-order valence-corrected chi connectivity index (χ2v) is 6.96. The Morgan fingerprint density at radius 2 is 1.57 bits per heavy atom. The Labute approximate surface area is 162 Å². The van der Waals surface area contributed by atoms with Gasteiger partial charge in [-0.2, -0.15) is 13.2 Å². The third-order valence-corrected chi connectivity index (χ3v) is 4.12. The van der Waals surface area contributed by atoms with E-state index in [0.29, 0.717) is 16.8 Å². The average molecular weight is 392 g/mol. The van der Waals surface area contributed by atoms with Crippen molar-refractivity contribution in [1.82, 2.24) is 5.32 Å². The molecule has 7 heteroatoms. The molecular weight excluding hydrogens is 369 g/mol. The molecule has 1 unspecified atom stereocenters. The van der Waals surface area contributed by atoms with Gasteiger partial charge < -0.3 is 10.6 Å². The van der Waals surface area contributed by atoms with Gasteiger partial charge in [-0.3, -0.25) is 9.59 Å². The summed E-state index contributed by atoms with van der Waals surface area (Å²) in [6, 6.07) is 11.4. The van der Waals surface area contributed by atoms with Crippen LogP contribution in [0.5, 0.6) is 0 Å². The maximum absolute atomic E-state index is 12.6. The van der Waals surface area contributed by atoms with E-state index in [1.807, 2.05) is 13.8 Å². The van der Waals surface area contributed by atoms with Crippen molar-refractivity contribution >= 4 is 17.5 Å². The van der Waals surface area contributed by atoms with E-state index >= 15 is 0 Å². The molecule has 0 saturated carbocycles. The van der Waals surface area contributed by atoms with Gasteiger partial charge in [0.05, 0.1) is 16.8 Å². The van der Waals surface area contributed by atoms with Crippen LogP contribution in [0.1, 0.15) is 42.3 Å². The molecule has 0 aliphatic heterocycles. The van der Waals surface area contributed by atoms with Crippen molar-refractivity contribution in [1.29, 1.82) is 0 Å². The number of amides is 2. The monoisotopic (exact) mass is 392 g/mol. The van der Waals surface area contributed by atoms with Crippen LogP contribution >= 0.6 is 0 Å². The molecule has 1 atom stereocenters. The van der Waals surface area contributed by atoms with Crippen molar-refractivity contribution in [3.8, 4) is 0 Å². The van der Waals surface area contributed by atoms with Crippen LogP contribution in [0, 0.1) is 5.92 Å². The van der Waals surface area contributed by atoms with Crippen molar-refractivity contribution < 1.29 is 22.8 Å². The van der Waals surface area contributed by atoms with E-state index in [1.54, 1.807) is 31.2 Å². The summed E-state index contributed by atoms with van der Waals surface area (Å²) in [5, 5.41) is 5.52. The van der Waals surface area contributed by atoms with Crippen molar-refractivity contribution in [2.75, 3.05) is 5.32 Å². The molecule has 0 bridgehead atoms. The van der Waals surface area contributed by atoms with E-state index in [2.05, 4.69) is 10.6 Å². The largest absolute Gasteiger partial charge is 0.416 e. The fourth-order valence-electron chi connectivity index (χ4n) is 2.66. The van der Waals surface area contributed by atoms with Gasteiger partial charge in [0.15, 0.2) is 0 Å². The lowest BCUT2D eigenvalue weighted by Crippen LogP contribution is -2.31. The standard InChI is InChI=1S/C21H23F3N2O2/c1-13(2)25-20(28)17-6-4-5-7-18(17)26-19(27)14(3)12-15-8-10-16(11-9-15)21(22,23)24/h4-11,13-14H,12H2,1-3H3,(H,25,28)(H,26,27). The number of benzene rings is 2. The molecule has 2 amide bonds. The van der Waals surface area contributed by atoms with Gasteiger partial charge in [0.25, 0.3) is 5.91 Å². The number of alkyl halides is 3. The lowest BCUT2D eigenvalue weighted by Gasteiger charge is -2.16. The summed E-state index contributed by atoms with van der Waals surface area (Å²) in [5.41, 5.74) is 0.649. The normalized spacial score (nSPS) is 12.5. The first-order chi connectivity index (χ1) is 13.1. The summed E-state index contributed by atoms with van der Waals surface area (Å²) in [6.07, 6.45) is -4.11. The van der Waals surface area contributed by atoms with Crippen LogP contribution in [-0.2, 0) is 17.4 Å². The molecule has 0 radical (unpaired) electrons. The minimum atomic E-state index is -4.39. The highest BCUT2D eigenvalue weighted by Crippen LogP contribution is 2.29. The highest BCUT2D eigenvalue weighted by molar-refractivity contribution is 6.04. The molecular formula is C21H23F3N2O2. The highest BCUT2D eigenvalue weighted by Gasteiger charge is 2.30. The lowest BCUT2D eigenvalue weighted by atomic mass is 9.99. The minimum Gasteiger partial charge on any atom is -0.350 e. The fourth-order valence-corrected chi connectivity index (χ4v) is 2.66. The number of hydrogen-bond donors (Lipinski definition) is 2. The first-order valence-electron chi connectivity index (χ1n) is 8.95. The Kier molecular flexibility index (Phi) is 6.83. The zero-order valence-corrected chi connectivity index (χ0v) is 15.9. The zero-order chi connectivity index (χ0) is 20.9. The Bertz CT molecular complexity index is 830. The number of carbonyl (C=O) groups is 2. The van der Waals surface area contributed by atoms with E-state index in [9.17, 15) is 22.8 Å². The van der Waals surface area contributed by atoms with Crippen LogP contribution in [0.4, 0.5) is 18.9 Å². The molecule has 2 rings (SSSR count). The number of halogens is 3. The summed E-state index contributed by atoms with van der Waals surface area (Å²) >= 11 is 0. The van der Waals surface area contributed by atoms with Crippen LogP contribution < -0.4 is 10.6 Å². The molecule has 2 N–H and O–H groups in total. The van der Waals surface area contributed by atoms with Gasteiger partial charge >= 0.3 is 6.18 Å². The number of para-hydroxylation sites is 1.